The molecule has 0 saturated carbocycles. The zero-order valence-electron chi connectivity index (χ0n) is 17.5. The van der Waals surface area contributed by atoms with Crippen LogP contribution in [0.1, 0.15) is 39.7 Å². The van der Waals surface area contributed by atoms with Gasteiger partial charge in [0.25, 0.3) is 0 Å². The molecular formula is C20H33N5O3. The van der Waals surface area contributed by atoms with Crippen molar-refractivity contribution in [3.8, 4) is 0 Å². The van der Waals surface area contributed by atoms with Gasteiger partial charge in [-0.2, -0.15) is 0 Å². The second kappa shape index (κ2) is 11.8. The summed E-state index contributed by atoms with van der Waals surface area (Å²) in [6.45, 7) is 8.93. The number of alkyl carbamates (subject to hydrolysis) is 1. The number of anilines is 1. The van der Waals surface area contributed by atoms with Crippen molar-refractivity contribution >= 4 is 23.6 Å². The molecule has 4 N–H and O–H groups in total. The molecule has 0 aliphatic carbocycles. The van der Waals surface area contributed by atoms with Crippen molar-refractivity contribution < 1.29 is 14.3 Å². The van der Waals surface area contributed by atoms with Gasteiger partial charge in [-0.3, -0.25) is 9.79 Å². The molecule has 1 aromatic carbocycles. The zero-order chi connectivity index (χ0) is 21.0. The SMILES string of the molecule is CN=C(NCCCNC(=O)OC(C)(C)C)NCCc1ccc(NC(C)=O)cc1. The summed E-state index contributed by atoms with van der Waals surface area (Å²) in [4.78, 5) is 26.8. The predicted octanol–water partition coefficient (Wildman–Crippen LogP) is 2.27. The van der Waals surface area contributed by atoms with Crippen molar-refractivity contribution in [2.45, 2.75) is 46.1 Å². The molecule has 8 heteroatoms. The molecule has 0 radical (unpaired) electrons. The minimum absolute atomic E-state index is 0.0782. The third kappa shape index (κ3) is 11.1. The lowest BCUT2D eigenvalue weighted by Crippen LogP contribution is -2.40. The summed E-state index contributed by atoms with van der Waals surface area (Å²) in [5, 5.41) is 11.9. The summed E-state index contributed by atoms with van der Waals surface area (Å²) in [5.74, 6) is 0.637. The van der Waals surface area contributed by atoms with Gasteiger partial charge in [-0.05, 0) is 51.3 Å². The van der Waals surface area contributed by atoms with Gasteiger partial charge in [0, 0.05) is 39.3 Å². The van der Waals surface area contributed by atoms with Crippen LogP contribution in [0.15, 0.2) is 29.3 Å². The van der Waals surface area contributed by atoms with Gasteiger partial charge in [0.15, 0.2) is 5.96 Å². The molecule has 0 bridgehead atoms. The van der Waals surface area contributed by atoms with Crippen molar-refractivity contribution in [2.75, 3.05) is 32.0 Å². The Morgan fingerprint density at radius 1 is 1.00 bits per heavy atom. The van der Waals surface area contributed by atoms with Crippen molar-refractivity contribution in [2.24, 2.45) is 4.99 Å². The first-order chi connectivity index (χ1) is 13.2. The third-order valence-corrected chi connectivity index (χ3v) is 3.52. The number of nitrogens with zero attached hydrogens (tertiary/aromatic N) is 1. The Morgan fingerprint density at radius 2 is 1.61 bits per heavy atom. The Balaban J connectivity index is 2.20. The maximum atomic E-state index is 11.6. The number of aliphatic imine (C=N–C) groups is 1. The molecule has 0 unspecified atom stereocenters. The molecule has 0 aliphatic heterocycles. The maximum Gasteiger partial charge on any atom is 0.407 e. The zero-order valence-corrected chi connectivity index (χ0v) is 17.5. The van der Waals surface area contributed by atoms with E-state index in [4.69, 9.17) is 4.74 Å². The van der Waals surface area contributed by atoms with Crippen molar-refractivity contribution in [1.82, 2.24) is 16.0 Å². The molecule has 0 heterocycles. The van der Waals surface area contributed by atoms with E-state index >= 15 is 0 Å². The van der Waals surface area contributed by atoms with Crippen LogP contribution in [0.4, 0.5) is 10.5 Å². The molecule has 28 heavy (non-hydrogen) atoms. The van der Waals surface area contributed by atoms with Crippen LogP contribution in [0.25, 0.3) is 0 Å². The molecular weight excluding hydrogens is 358 g/mol. The summed E-state index contributed by atoms with van der Waals surface area (Å²) in [7, 11) is 1.72. The number of carbonyl (C=O) groups is 2. The second-order valence-electron chi connectivity index (χ2n) is 7.34. The van der Waals surface area contributed by atoms with E-state index in [2.05, 4.69) is 26.3 Å². The van der Waals surface area contributed by atoms with Crippen LogP contribution < -0.4 is 21.3 Å². The first-order valence-corrected chi connectivity index (χ1v) is 9.47. The standard InChI is InChI=1S/C20H33N5O3/c1-15(26)25-17-9-7-16(8-10-17)11-14-23-18(21-5)22-12-6-13-24-19(27)28-20(2,3)4/h7-10H,6,11-14H2,1-5H3,(H,24,27)(H,25,26)(H2,21,22,23). The largest absolute Gasteiger partial charge is 0.444 e. The van der Waals surface area contributed by atoms with Gasteiger partial charge in [-0.25, -0.2) is 4.79 Å². The smallest absolute Gasteiger partial charge is 0.407 e. The molecule has 0 spiro atoms. The Labute approximate surface area is 167 Å². The van der Waals surface area contributed by atoms with Crippen LogP contribution in [0, 0.1) is 0 Å². The van der Waals surface area contributed by atoms with E-state index in [9.17, 15) is 9.59 Å². The summed E-state index contributed by atoms with van der Waals surface area (Å²) in [6, 6.07) is 7.76. The minimum Gasteiger partial charge on any atom is -0.444 e. The number of amides is 2. The van der Waals surface area contributed by atoms with Gasteiger partial charge < -0.3 is 26.0 Å². The Hall–Kier alpha value is -2.77. The molecule has 156 valence electrons. The maximum absolute atomic E-state index is 11.6. The first kappa shape index (κ1) is 23.3. The molecule has 8 nitrogen and oxygen atoms in total. The third-order valence-electron chi connectivity index (χ3n) is 3.52. The normalized spacial score (nSPS) is 11.5. The van der Waals surface area contributed by atoms with Gasteiger partial charge in [0.2, 0.25) is 5.91 Å². The topological polar surface area (TPSA) is 104 Å². The quantitative estimate of drug-likeness (QED) is 0.309. The van der Waals surface area contributed by atoms with Gasteiger partial charge >= 0.3 is 6.09 Å². The highest BCUT2D eigenvalue weighted by molar-refractivity contribution is 5.88. The van der Waals surface area contributed by atoms with Crippen LogP contribution in [0.2, 0.25) is 0 Å². The molecule has 0 atom stereocenters. The average Bonchev–Trinajstić information content (AvgIpc) is 2.59. The van der Waals surface area contributed by atoms with Crippen LogP contribution in [-0.2, 0) is 16.0 Å². The molecule has 2 amide bonds. The fraction of sp³-hybridized carbons (Fsp3) is 0.550. The van der Waals surface area contributed by atoms with Gasteiger partial charge in [0.05, 0.1) is 0 Å². The molecule has 0 saturated heterocycles. The van der Waals surface area contributed by atoms with Gasteiger partial charge in [-0.15, -0.1) is 0 Å². The van der Waals surface area contributed by atoms with Crippen LogP contribution in [-0.4, -0.2) is 50.2 Å². The summed E-state index contributed by atoms with van der Waals surface area (Å²) in [5.41, 5.74) is 1.47. The summed E-state index contributed by atoms with van der Waals surface area (Å²) >= 11 is 0. The molecule has 0 aliphatic rings. The molecule has 0 aromatic heterocycles. The number of hydrogen-bond acceptors (Lipinski definition) is 4. The Bertz CT molecular complexity index is 651. The number of carbonyl (C=O) groups excluding carboxylic acids is 2. The lowest BCUT2D eigenvalue weighted by Gasteiger charge is -2.19. The highest BCUT2D eigenvalue weighted by atomic mass is 16.6. The van der Waals surface area contributed by atoms with E-state index in [1.807, 2.05) is 45.0 Å². The van der Waals surface area contributed by atoms with E-state index < -0.39 is 11.7 Å². The highest BCUT2D eigenvalue weighted by Crippen LogP contribution is 2.09. The molecule has 0 fully saturated rings. The van der Waals surface area contributed by atoms with Crippen LogP contribution in [0.5, 0.6) is 0 Å². The second-order valence-corrected chi connectivity index (χ2v) is 7.34. The van der Waals surface area contributed by atoms with E-state index in [1.165, 1.54) is 12.5 Å². The van der Waals surface area contributed by atoms with Crippen LogP contribution >= 0.6 is 0 Å². The van der Waals surface area contributed by atoms with Gasteiger partial charge in [0.1, 0.15) is 5.60 Å². The van der Waals surface area contributed by atoms with E-state index in [1.54, 1.807) is 7.05 Å². The fourth-order valence-corrected chi connectivity index (χ4v) is 2.30. The number of ether oxygens (including phenoxy) is 1. The highest BCUT2D eigenvalue weighted by Gasteiger charge is 2.15. The van der Waals surface area contributed by atoms with Crippen molar-refractivity contribution in [1.29, 1.82) is 0 Å². The predicted molar refractivity (Wildman–Crippen MR) is 113 cm³/mol. The number of hydrogen-bond donors (Lipinski definition) is 4. The van der Waals surface area contributed by atoms with E-state index in [-0.39, 0.29) is 5.91 Å². The average molecular weight is 392 g/mol. The summed E-state index contributed by atoms with van der Waals surface area (Å²) in [6.07, 6.45) is 1.19. The fourth-order valence-electron chi connectivity index (χ4n) is 2.30. The van der Waals surface area contributed by atoms with Crippen LogP contribution in [0.3, 0.4) is 0 Å². The number of rotatable bonds is 8. The summed E-state index contributed by atoms with van der Waals surface area (Å²) < 4.78 is 5.18. The molecule has 1 rings (SSSR count). The lowest BCUT2D eigenvalue weighted by molar-refractivity contribution is -0.114. The Kier molecular flexibility index (Phi) is 9.84. The Morgan fingerprint density at radius 3 is 2.18 bits per heavy atom. The number of benzene rings is 1. The number of guanidine groups is 1. The van der Waals surface area contributed by atoms with E-state index in [0.29, 0.717) is 19.0 Å². The van der Waals surface area contributed by atoms with Gasteiger partial charge in [-0.1, -0.05) is 12.1 Å². The van der Waals surface area contributed by atoms with Crippen molar-refractivity contribution in [3.63, 3.8) is 0 Å². The minimum atomic E-state index is -0.488. The number of nitrogens with one attached hydrogen (secondary N) is 4. The molecule has 1 aromatic rings. The monoisotopic (exact) mass is 391 g/mol. The first-order valence-electron chi connectivity index (χ1n) is 9.47. The van der Waals surface area contributed by atoms with E-state index in [0.717, 1.165) is 25.1 Å². The van der Waals surface area contributed by atoms with Crippen molar-refractivity contribution in [3.05, 3.63) is 29.8 Å². The lowest BCUT2D eigenvalue weighted by atomic mass is 10.1.